The number of hydrogen-bond acceptors (Lipinski definition) is 6. The van der Waals surface area contributed by atoms with Gasteiger partial charge in [0.2, 0.25) is 0 Å². The first-order chi connectivity index (χ1) is 18.3. The monoisotopic (exact) mass is 566 g/mol. The number of rotatable bonds is 8. The van der Waals surface area contributed by atoms with E-state index in [9.17, 15) is 36.4 Å². The third-order valence-electron chi connectivity index (χ3n) is 5.85. The van der Waals surface area contributed by atoms with Crippen LogP contribution in [0.4, 0.5) is 22.0 Å². The largest absolute Gasteiger partial charge is 0.542 e. The van der Waals surface area contributed by atoms with Gasteiger partial charge < -0.3 is 9.84 Å². The van der Waals surface area contributed by atoms with Gasteiger partial charge in [0.1, 0.15) is 11.9 Å². The molecule has 3 rings (SSSR count). The molecule has 6 nitrogen and oxygen atoms in total. The van der Waals surface area contributed by atoms with Crippen molar-refractivity contribution < 1.29 is 45.7 Å². The second-order valence-corrected chi connectivity index (χ2v) is 10.3. The fraction of sp³-hybridized carbons (Fsp3) is 0.259. The van der Waals surface area contributed by atoms with E-state index in [1.54, 1.807) is 13.8 Å². The summed E-state index contributed by atoms with van der Waals surface area (Å²) >= 11 is 0. The lowest BCUT2D eigenvalue weighted by Gasteiger charge is -2.22. The van der Waals surface area contributed by atoms with Crippen molar-refractivity contribution in [2.45, 2.75) is 37.9 Å². The van der Waals surface area contributed by atoms with Crippen molar-refractivity contribution in [1.29, 1.82) is 0 Å². The van der Waals surface area contributed by atoms with Gasteiger partial charge in [-0.1, -0.05) is 26.0 Å². The van der Waals surface area contributed by atoms with E-state index in [0.29, 0.717) is 0 Å². The van der Waals surface area contributed by atoms with Crippen LogP contribution in [0.25, 0.3) is 22.4 Å². The Morgan fingerprint density at radius 3 is 2.08 bits per heavy atom. The van der Waals surface area contributed by atoms with Gasteiger partial charge >= 0.3 is 19.2 Å². The lowest BCUT2D eigenvalue weighted by Crippen LogP contribution is -2.46. The van der Waals surface area contributed by atoms with Crippen LogP contribution in [0.2, 0.25) is 0 Å². The number of halogens is 5. The number of nitrogens with zero attached hydrogens (tertiary/aromatic N) is 1. The molecule has 0 saturated carbocycles. The second kappa shape index (κ2) is 11.6. The summed E-state index contributed by atoms with van der Waals surface area (Å²) in [5.74, 6) is -7.82. The van der Waals surface area contributed by atoms with Gasteiger partial charge in [0.05, 0.1) is 24.1 Å². The van der Waals surface area contributed by atoms with E-state index in [0.717, 1.165) is 32.2 Å². The first-order valence-corrected chi connectivity index (χ1v) is 12.5. The van der Waals surface area contributed by atoms with Crippen LogP contribution in [0, 0.1) is 41.4 Å². The summed E-state index contributed by atoms with van der Waals surface area (Å²) in [6.45, 7) is 4.23. The van der Waals surface area contributed by atoms with E-state index < -0.39 is 71.5 Å². The third-order valence-corrected chi connectivity index (χ3v) is 7.45. The molecule has 0 aliphatic carbocycles. The molecule has 0 saturated heterocycles. The Balaban J connectivity index is 2.39. The fourth-order valence-electron chi connectivity index (χ4n) is 3.77. The molecular weight excluding hydrogens is 544 g/mol. The highest BCUT2D eigenvalue weighted by Gasteiger charge is 2.63. The molecule has 3 atom stereocenters. The van der Waals surface area contributed by atoms with Crippen LogP contribution in [-0.2, 0) is 13.9 Å². The number of carbonyl (C=O) groups excluding carboxylic acids is 1. The summed E-state index contributed by atoms with van der Waals surface area (Å²) in [4.78, 5) is 17.5. The smallest absolute Gasteiger partial charge is 0.419 e. The molecule has 3 aromatic rings. The number of benzene rings is 2. The zero-order valence-electron chi connectivity index (χ0n) is 21.1. The molecule has 1 aromatic heterocycles. The van der Waals surface area contributed by atoms with Gasteiger partial charge in [-0.15, -0.1) is 10.9 Å². The topological polar surface area (TPSA) is 85.7 Å². The van der Waals surface area contributed by atoms with Crippen LogP contribution in [0.3, 0.4) is 0 Å². The van der Waals surface area contributed by atoms with E-state index in [-0.39, 0.29) is 28.6 Å². The summed E-state index contributed by atoms with van der Waals surface area (Å²) in [5.41, 5.74) is -1.78. The van der Waals surface area contributed by atoms with E-state index in [1.807, 2.05) is 5.92 Å². The van der Waals surface area contributed by atoms with Crippen LogP contribution in [0.1, 0.15) is 32.4 Å². The summed E-state index contributed by atoms with van der Waals surface area (Å²) < 4.78 is 94.2. The van der Waals surface area contributed by atoms with E-state index in [2.05, 4.69) is 4.98 Å². The van der Waals surface area contributed by atoms with Crippen molar-refractivity contribution in [2.24, 2.45) is 0 Å². The number of aliphatic hydroxyl groups is 1. The number of aliphatic hydroxyl groups excluding tert-OH is 1. The van der Waals surface area contributed by atoms with Gasteiger partial charge in [-0.25, -0.2) is 31.7 Å². The maximum atomic E-state index is 14.7. The molecule has 3 unspecified atom stereocenters. The van der Waals surface area contributed by atoms with Crippen molar-refractivity contribution in [2.75, 3.05) is 7.11 Å². The molecule has 0 spiro atoms. The fourth-order valence-corrected chi connectivity index (χ4v) is 4.66. The van der Waals surface area contributed by atoms with E-state index >= 15 is 0 Å². The third kappa shape index (κ3) is 5.41. The highest BCUT2D eigenvalue weighted by atomic mass is 31.1. The van der Waals surface area contributed by atoms with Gasteiger partial charge in [0.25, 0.3) is 0 Å². The molecule has 0 fully saturated rings. The van der Waals surface area contributed by atoms with Gasteiger partial charge in [-0.05, 0) is 47.1 Å². The molecule has 1 N–H and O–H groups in total. The summed E-state index contributed by atoms with van der Waals surface area (Å²) in [6, 6.07) is 5.60. The Morgan fingerprint density at radius 1 is 1.05 bits per heavy atom. The Bertz CT molecular complexity index is 1460. The molecule has 39 heavy (non-hydrogen) atoms. The first-order valence-electron chi connectivity index (χ1n) is 11.3. The van der Waals surface area contributed by atoms with Gasteiger partial charge in [-0.2, -0.15) is 0 Å². The number of terminal acetylenes is 1. The highest BCUT2D eigenvalue weighted by molar-refractivity contribution is 7.43. The van der Waals surface area contributed by atoms with Crippen molar-refractivity contribution in [3.8, 4) is 40.5 Å². The molecular formula is C27H22F5NO5P+. The molecule has 0 aliphatic heterocycles. The molecule has 1 heterocycles. The first kappa shape index (κ1) is 29.8. The Hall–Kier alpha value is -3.71. The number of carbonyl (C=O) groups is 1. The van der Waals surface area contributed by atoms with E-state index in [4.69, 9.17) is 15.7 Å². The number of ether oxygens (including phenoxy) is 1. The predicted molar refractivity (Wildman–Crippen MR) is 132 cm³/mol. The second-order valence-electron chi connectivity index (χ2n) is 8.69. The maximum Gasteiger partial charge on any atom is 0.542 e. The quantitative estimate of drug-likeness (QED) is 0.114. The number of pyridine rings is 1. The SMILES string of the molecule is C#CC(C(=O)Oc1c(-c2ccc(F)cc2)cc(-c2c(F)c(F)cc(F)c2F)nc1C(C)C)(C(C)O)[P+](=O)OC. The molecule has 0 radical (unpaired) electrons. The molecule has 2 aromatic carbocycles. The van der Waals surface area contributed by atoms with Crippen molar-refractivity contribution in [1.82, 2.24) is 4.98 Å². The van der Waals surface area contributed by atoms with Crippen LogP contribution in [0.15, 0.2) is 36.4 Å². The van der Waals surface area contributed by atoms with Crippen LogP contribution in [0.5, 0.6) is 5.75 Å². The lowest BCUT2D eigenvalue weighted by atomic mass is 9.96. The average molecular weight is 566 g/mol. The van der Waals surface area contributed by atoms with Crippen molar-refractivity contribution >= 4 is 14.0 Å². The number of esters is 1. The predicted octanol–water partition coefficient (Wildman–Crippen LogP) is 6.28. The van der Waals surface area contributed by atoms with Crippen LogP contribution >= 0.6 is 8.03 Å². The minimum absolute atomic E-state index is 0.0426. The van der Waals surface area contributed by atoms with Crippen molar-refractivity contribution in [3.05, 3.63) is 71.2 Å². The minimum atomic E-state index is -3.02. The van der Waals surface area contributed by atoms with Crippen LogP contribution in [-0.4, -0.2) is 34.4 Å². The normalized spacial score (nSPS) is 13.9. The van der Waals surface area contributed by atoms with Gasteiger partial charge in [-0.3, -0.25) is 0 Å². The molecule has 12 heteroatoms. The Kier molecular flexibility index (Phi) is 8.86. The van der Waals surface area contributed by atoms with Crippen molar-refractivity contribution in [3.63, 3.8) is 0 Å². The van der Waals surface area contributed by atoms with E-state index in [1.165, 1.54) is 12.1 Å². The zero-order valence-corrected chi connectivity index (χ0v) is 22.0. The van der Waals surface area contributed by atoms with Gasteiger partial charge in [0, 0.05) is 11.6 Å². The standard InChI is InChI=1S/C27H22F5NO5P/c1-6-27(14(4)34,39(36)37-5)26(35)38-25-17(15-7-9-16(28)10-8-15)11-20(33-24(25)13(2)3)21-22(31)18(29)12-19(30)23(21)32/h1,7-14,34H,2-5H3/q+1. The maximum absolute atomic E-state index is 14.7. The summed E-state index contributed by atoms with van der Waals surface area (Å²) in [7, 11) is -2.01. The van der Waals surface area contributed by atoms with Crippen LogP contribution < -0.4 is 4.74 Å². The zero-order chi connectivity index (χ0) is 29.2. The highest BCUT2D eigenvalue weighted by Crippen LogP contribution is 2.46. The minimum Gasteiger partial charge on any atom is -0.419 e. The summed E-state index contributed by atoms with van der Waals surface area (Å²) in [6.07, 6.45) is 3.76. The Labute approximate surface area is 221 Å². The molecule has 0 aliphatic rings. The summed E-state index contributed by atoms with van der Waals surface area (Å²) in [5, 5.41) is 7.82. The lowest BCUT2D eigenvalue weighted by molar-refractivity contribution is -0.138. The Morgan fingerprint density at radius 2 is 1.62 bits per heavy atom. The average Bonchev–Trinajstić information content (AvgIpc) is 2.88. The molecule has 204 valence electrons. The molecule has 0 bridgehead atoms. The number of hydrogen-bond donors (Lipinski definition) is 1. The van der Waals surface area contributed by atoms with Gasteiger partial charge in [0.15, 0.2) is 29.0 Å². The molecule has 0 amide bonds. The number of aromatic nitrogens is 1.